The second kappa shape index (κ2) is 10.0. The standard InChI is InChI=1S/C21H27F3N6O2/c1-12-7-8-15(17(9-12)32-21(22,23)24)11-26-18(31)14-5-4-6-16(10-14)29-20-28-13(2)27-19(25-3)30-20/h7-9,14,16H,4-6,10-11H2,1-3H3,(H,26,31)(H2,25,27,28,29,30)/t14-,16?/m1/s1. The van der Waals surface area contributed by atoms with Gasteiger partial charge in [-0.2, -0.15) is 15.0 Å². The van der Waals surface area contributed by atoms with Crippen LogP contribution in [0.4, 0.5) is 25.1 Å². The Morgan fingerprint density at radius 3 is 2.62 bits per heavy atom. The van der Waals surface area contributed by atoms with Crippen LogP contribution >= 0.6 is 0 Å². The van der Waals surface area contributed by atoms with E-state index >= 15 is 0 Å². The first kappa shape index (κ1) is 23.6. The molecule has 0 radical (unpaired) electrons. The number of aromatic nitrogens is 3. The average Bonchev–Trinajstić information content (AvgIpc) is 2.71. The Kier molecular flexibility index (Phi) is 7.37. The molecule has 1 aliphatic rings. The van der Waals surface area contributed by atoms with Gasteiger partial charge in [0.1, 0.15) is 11.6 Å². The number of carbonyl (C=O) groups excluding carboxylic acids is 1. The fourth-order valence-electron chi connectivity index (χ4n) is 3.75. The summed E-state index contributed by atoms with van der Waals surface area (Å²) < 4.78 is 42.2. The monoisotopic (exact) mass is 452 g/mol. The number of amides is 1. The molecule has 174 valence electrons. The molecule has 3 N–H and O–H groups in total. The fraction of sp³-hybridized carbons (Fsp3) is 0.524. The molecule has 8 nitrogen and oxygen atoms in total. The highest BCUT2D eigenvalue weighted by atomic mass is 19.4. The molecule has 11 heteroatoms. The van der Waals surface area contributed by atoms with Crippen molar-refractivity contribution in [1.29, 1.82) is 0 Å². The third kappa shape index (κ3) is 6.69. The van der Waals surface area contributed by atoms with Gasteiger partial charge in [0.2, 0.25) is 17.8 Å². The van der Waals surface area contributed by atoms with Crippen molar-refractivity contribution < 1.29 is 22.7 Å². The van der Waals surface area contributed by atoms with E-state index in [1.54, 1.807) is 27.0 Å². The molecule has 2 atom stereocenters. The van der Waals surface area contributed by atoms with Crippen molar-refractivity contribution in [3.05, 3.63) is 35.2 Å². The maximum absolute atomic E-state index is 12.7. The van der Waals surface area contributed by atoms with Crippen molar-refractivity contribution in [3.8, 4) is 5.75 Å². The van der Waals surface area contributed by atoms with Gasteiger partial charge in [-0.1, -0.05) is 18.6 Å². The smallest absolute Gasteiger partial charge is 0.405 e. The molecule has 0 aliphatic heterocycles. The average molecular weight is 452 g/mol. The van der Waals surface area contributed by atoms with Crippen molar-refractivity contribution in [1.82, 2.24) is 20.3 Å². The summed E-state index contributed by atoms with van der Waals surface area (Å²) in [6, 6.07) is 4.53. The Bertz CT molecular complexity index is 954. The first-order valence-corrected chi connectivity index (χ1v) is 10.4. The van der Waals surface area contributed by atoms with Gasteiger partial charge >= 0.3 is 6.36 Å². The van der Waals surface area contributed by atoms with E-state index in [0.29, 0.717) is 36.1 Å². The van der Waals surface area contributed by atoms with Gasteiger partial charge in [0.15, 0.2) is 0 Å². The minimum absolute atomic E-state index is 0.00880. The molecular weight excluding hydrogens is 425 g/mol. The van der Waals surface area contributed by atoms with Crippen molar-refractivity contribution in [2.24, 2.45) is 5.92 Å². The second-order valence-electron chi connectivity index (χ2n) is 7.86. The van der Waals surface area contributed by atoms with E-state index in [-0.39, 0.29) is 35.7 Å². The summed E-state index contributed by atoms with van der Waals surface area (Å²) in [5, 5.41) is 8.91. The Morgan fingerprint density at radius 1 is 1.16 bits per heavy atom. The largest absolute Gasteiger partial charge is 0.573 e. The lowest BCUT2D eigenvalue weighted by Gasteiger charge is -2.29. The van der Waals surface area contributed by atoms with E-state index in [9.17, 15) is 18.0 Å². The summed E-state index contributed by atoms with van der Waals surface area (Å²) in [6.45, 7) is 3.40. The van der Waals surface area contributed by atoms with Crippen LogP contribution in [0.1, 0.15) is 42.6 Å². The van der Waals surface area contributed by atoms with Gasteiger partial charge in [0, 0.05) is 31.1 Å². The number of hydrogen-bond acceptors (Lipinski definition) is 7. The molecule has 1 aliphatic carbocycles. The molecule has 1 fully saturated rings. The molecule has 1 aromatic heterocycles. The molecule has 2 aromatic rings. The highest BCUT2D eigenvalue weighted by Gasteiger charge is 2.32. The molecular formula is C21H27F3N6O2. The first-order valence-electron chi connectivity index (χ1n) is 10.4. The number of nitrogens with one attached hydrogen (secondary N) is 3. The molecule has 1 saturated carbocycles. The number of anilines is 2. The van der Waals surface area contributed by atoms with Gasteiger partial charge in [-0.05, 0) is 44.7 Å². The topological polar surface area (TPSA) is 101 Å². The van der Waals surface area contributed by atoms with E-state index in [1.165, 1.54) is 12.1 Å². The third-order valence-electron chi connectivity index (χ3n) is 5.25. The van der Waals surface area contributed by atoms with Crippen molar-refractivity contribution in [3.63, 3.8) is 0 Å². The third-order valence-corrected chi connectivity index (χ3v) is 5.25. The Morgan fingerprint density at radius 2 is 1.91 bits per heavy atom. The van der Waals surface area contributed by atoms with E-state index in [2.05, 4.69) is 35.6 Å². The number of aryl methyl sites for hydroxylation is 2. The number of carbonyl (C=O) groups is 1. The van der Waals surface area contributed by atoms with Crippen molar-refractivity contribution in [2.75, 3.05) is 17.7 Å². The summed E-state index contributed by atoms with van der Waals surface area (Å²) in [6.07, 6.45) is -1.81. The molecule has 0 bridgehead atoms. The number of rotatable bonds is 7. The molecule has 0 spiro atoms. The predicted molar refractivity (Wildman–Crippen MR) is 113 cm³/mol. The van der Waals surface area contributed by atoms with Crippen LogP contribution in [0.3, 0.4) is 0 Å². The summed E-state index contributed by atoms with van der Waals surface area (Å²) >= 11 is 0. The number of nitrogens with zero attached hydrogens (tertiary/aromatic N) is 3. The first-order chi connectivity index (χ1) is 15.1. The van der Waals surface area contributed by atoms with Crippen LogP contribution in [-0.2, 0) is 11.3 Å². The molecule has 1 heterocycles. The second-order valence-corrected chi connectivity index (χ2v) is 7.86. The number of hydrogen-bond donors (Lipinski definition) is 3. The summed E-state index contributed by atoms with van der Waals surface area (Å²) in [4.78, 5) is 25.5. The van der Waals surface area contributed by atoms with Crippen molar-refractivity contribution in [2.45, 2.75) is 58.5 Å². The van der Waals surface area contributed by atoms with Crippen LogP contribution < -0.4 is 20.7 Å². The summed E-state index contributed by atoms with van der Waals surface area (Å²) in [5.41, 5.74) is 0.905. The van der Waals surface area contributed by atoms with Crippen LogP contribution in [0.15, 0.2) is 18.2 Å². The van der Waals surface area contributed by atoms with E-state index in [0.717, 1.165) is 12.8 Å². The molecule has 1 amide bonds. The summed E-state index contributed by atoms with van der Waals surface area (Å²) in [7, 11) is 1.72. The zero-order chi connectivity index (χ0) is 23.3. The Hall–Kier alpha value is -3.11. The normalized spacial score (nSPS) is 18.7. The van der Waals surface area contributed by atoms with Crippen LogP contribution in [0.2, 0.25) is 0 Å². The Balaban J connectivity index is 1.60. The van der Waals surface area contributed by atoms with Gasteiger partial charge in [0.05, 0.1) is 0 Å². The minimum atomic E-state index is -4.80. The molecule has 1 aromatic carbocycles. The number of alkyl halides is 3. The zero-order valence-corrected chi connectivity index (χ0v) is 18.2. The summed E-state index contributed by atoms with van der Waals surface area (Å²) in [5.74, 6) is 0.725. The number of ether oxygens (including phenoxy) is 1. The lowest BCUT2D eigenvalue weighted by atomic mass is 9.85. The van der Waals surface area contributed by atoms with Crippen molar-refractivity contribution >= 4 is 17.8 Å². The minimum Gasteiger partial charge on any atom is -0.405 e. The predicted octanol–water partition coefficient (Wildman–Crippen LogP) is 3.72. The zero-order valence-electron chi connectivity index (χ0n) is 18.2. The highest BCUT2D eigenvalue weighted by Crippen LogP contribution is 2.29. The molecule has 32 heavy (non-hydrogen) atoms. The number of benzene rings is 1. The van der Waals surface area contributed by atoms with Gasteiger partial charge in [-0.3, -0.25) is 4.79 Å². The fourth-order valence-corrected chi connectivity index (χ4v) is 3.75. The van der Waals surface area contributed by atoms with Crippen LogP contribution in [-0.4, -0.2) is 40.3 Å². The van der Waals surface area contributed by atoms with Crippen LogP contribution in [0.5, 0.6) is 5.75 Å². The van der Waals surface area contributed by atoms with E-state index in [1.807, 2.05) is 0 Å². The van der Waals surface area contributed by atoms with Gasteiger partial charge in [0.25, 0.3) is 0 Å². The van der Waals surface area contributed by atoms with Gasteiger partial charge in [-0.25, -0.2) is 0 Å². The quantitative estimate of drug-likeness (QED) is 0.589. The molecule has 0 saturated heterocycles. The van der Waals surface area contributed by atoms with Gasteiger partial charge in [-0.15, -0.1) is 13.2 Å². The molecule has 1 unspecified atom stereocenters. The Labute approximate surface area is 184 Å². The maximum Gasteiger partial charge on any atom is 0.573 e. The van der Waals surface area contributed by atoms with Crippen LogP contribution in [0, 0.1) is 19.8 Å². The lowest BCUT2D eigenvalue weighted by molar-refractivity contribution is -0.274. The van der Waals surface area contributed by atoms with E-state index in [4.69, 9.17) is 0 Å². The highest BCUT2D eigenvalue weighted by molar-refractivity contribution is 5.79. The van der Waals surface area contributed by atoms with Gasteiger partial charge < -0.3 is 20.7 Å². The van der Waals surface area contributed by atoms with Crippen LogP contribution in [0.25, 0.3) is 0 Å². The molecule has 3 rings (SSSR count). The van der Waals surface area contributed by atoms with E-state index < -0.39 is 6.36 Å². The lowest BCUT2D eigenvalue weighted by Crippen LogP contribution is -2.37. The SMILES string of the molecule is CNc1nc(C)nc(NC2CCC[C@@H](C(=O)NCc3ccc(C)cc3OC(F)(F)F)C2)n1. The number of halogens is 3. The maximum atomic E-state index is 12.7.